The van der Waals surface area contributed by atoms with Crippen molar-refractivity contribution in [1.82, 2.24) is 20.6 Å². The Bertz CT molecular complexity index is 1060. The molecule has 1 aliphatic heterocycles. The van der Waals surface area contributed by atoms with Crippen LogP contribution in [0.4, 0.5) is 0 Å². The van der Waals surface area contributed by atoms with E-state index in [1.165, 1.54) is 30.3 Å². The van der Waals surface area contributed by atoms with Crippen LogP contribution in [-0.2, 0) is 9.84 Å². The smallest absolute Gasteiger partial charge is 0.208 e. The van der Waals surface area contributed by atoms with E-state index >= 15 is 0 Å². The van der Waals surface area contributed by atoms with Gasteiger partial charge in [0.2, 0.25) is 15.7 Å². The third-order valence-electron chi connectivity index (χ3n) is 3.60. The van der Waals surface area contributed by atoms with Crippen molar-refractivity contribution in [2.75, 3.05) is 0 Å². The number of carbonyl (C=O) groups excluding carboxylic acids is 1. The molecule has 7 nitrogen and oxygen atoms in total. The zero-order chi connectivity index (χ0) is 16.2. The molecule has 1 aliphatic rings. The summed E-state index contributed by atoms with van der Waals surface area (Å²) in [6.07, 6.45) is 0. The van der Waals surface area contributed by atoms with E-state index in [0.29, 0.717) is 10.6 Å². The monoisotopic (exact) mass is 346 g/mol. The average molecular weight is 347 g/mol. The molecule has 3 aromatic rings. The summed E-state index contributed by atoms with van der Waals surface area (Å²) in [5, 5.41) is 13.7. The molecule has 0 radical (unpaired) electrons. The van der Waals surface area contributed by atoms with Crippen molar-refractivity contribution in [2.24, 2.45) is 0 Å². The van der Waals surface area contributed by atoms with Gasteiger partial charge >= 0.3 is 0 Å². The molecule has 114 valence electrons. The second-order valence-electron chi connectivity index (χ2n) is 4.92. The second kappa shape index (κ2) is 4.71. The number of ketones is 1. The molecule has 0 saturated heterocycles. The molecule has 23 heavy (non-hydrogen) atoms. The van der Waals surface area contributed by atoms with E-state index in [1.807, 2.05) is 0 Å². The van der Waals surface area contributed by atoms with Crippen molar-refractivity contribution < 1.29 is 13.2 Å². The van der Waals surface area contributed by atoms with Crippen LogP contribution in [0.25, 0.3) is 11.4 Å². The van der Waals surface area contributed by atoms with Gasteiger partial charge in [0.05, 0.1) is 9.79 Å². The number of benzene rings is 2. The van der Waals surface area contributed by atoms with Crippen molar-refractivity contribution in [3.05, 3.63) is 52.5 Å². The number of rotatable bonds is 1. The lowest BCUT2D eigenvalue weighted by molar-refractivity contribution is 0.103. The molecule has 2 heterocycles. The van der Waals surface area contributed by atoms with Crippen LogP contribution >= 0.6 is 11.6 Å². The Balaban J connectivity index is 2.01. The van der Waals surface area contributed by atoms with Gasteiger partial charge in [-0.2, -0.15) is 5.21 Å². The summed E-state index contributed by atoms with van der Waals surface area (Å²) in [5.74, 6) is -0.135. The van der Waals surface area contributed by atoms with E-state index in [1.54, 1.807) is 6.07 Å². The molecular weight excluding hydrogens is 340 g/mol. The zero-order valence-electron chi connectivity index (χ0n) is 11.3. The fourth-order valence-corrected chi connectivity index (χ4v) is 4.36. The minimum atomic E-state index is -3.83. The molecule has 1 N–H and O–H groups in total. The standard InChI is InChI=1S/C14H7ClN4O3S/c15-8-2-4-11-10(6-8)13(20)9-3-1-7(14-16-18-19-17-14)5-12(9)23(11,21)22/h1-6H,(H,16,17,18,19). The van der Waals surface area contributed by atoms with Crippen LogP contribution in [0.5, 0.6) is 0 Å². The summed E-state index contributed by atoms with van der Waals surface area (Å²) < 4.78 is 25.6. The minimum absolute atomic E-state index is 0.0512. The van der Waals surface area contributed by atoms with Crippen LogP contribution in [0.1, 0.15) is 15.9 Å². The summed E-state index contributed by atoms with van der Waals surface area (Å²) in [6.45, 7) is 0. The molecular formula is C14H7ClN4O3S. The van der Waals surface area contributed by atoms with Gasteiger partial charge in [-0.05, 0) is 35.5 Å². The first-order chi connectivity index (χ1) is 11.0. The number of carbonyl (C=O) groups is 1. The lowest BCUT2D eigenvalue weighted by atomic mass is 10.0. The second-order valence-corrected chi connectivity index (χ2v) is 7.24. The van der Waals surface area contributed by atoms with E-state index < -0.39 is 9.84 Å². The highest BCUT2D eigenvalue weighted by Gasteiger charge is 2.35. The highest BCUT2D eigenvalue weighted by molar-refractivity contribution is 7.91. The Hall–Kier alpha value is -2.58. The average Bonchev–Trinajstić information content (AvgIpc) is 3.07. The molecule has 2 aromatic carbocycles. The van der Waals surface area contributed by atoms with E-state index in [-0.39, 0.29) is 32.5 Å². The van der Waals surface area contributed by atoms with Crippen molar-refractivity contribution >= 4 is 27.2 Å². The first kappa shape index (κ1) is 14.0. The molecule has 0 fully saturated rings. The summed E-state index contributed by atoms with van der Waals surface area (Å²) in [5.41, 5.74) is 0.635. The maximum atomic E-state index is 12.8. The summed E-state index contributed by atoms with van der Waals surface area (Å²) in [7, 11) is -3.83. The number of aromatic amines is 1. The van der Waals surface area contributed by atoms with E-state index in [4.69, 9.17) is 11.6 Å². The number of hydrogen-bond acceptors (Lipinski definition) is 6. The maximum Gasteiger partial charge on any atom is 0.208 e. The largest absolute Gasteiger partial charge is 0.289 e. The van der Waals surface area contributed by atoms with Crippen LogP contribution < -0.4 is 0 Å². The van der Waals surface area contributed by atoms with Crippen LogP contribution in [0.15, 0.2) is 46.2 Å². The van der Waals surface area contributed by atoms with Gasteiger partial charge in [-0.1, -0.05) is 17.7 Å². The lowest BCUT2D eigenvalue weighted by Crippen LogP contribution is -2.20. The molecule has 9 heteroatoms. The maximum absolute atomic E-state index is 12.8. The summed E-state index contributed by atoms with van der Waals surface area (Å²) in [6, 6.07) is 8.56. The van der Waals surface area contributed by atoms with Crippen LogP contribution in [-0.4, -0.2) is 34.8 Å². The van der Waals surface area contributed by atoms with Crippen LogP contribution in [0.3, 0.4) is 0 Å². The fourth-order valence-electron chi connectivity index (χ4n) is 2.53. The van der Waals surface area contributed by atoms with Crippen LogP contribution in [0, 0.1) is 0 Å². The molecule has 0 spiro atoms. The highest BCUT2D eigenvalue weighted by atomic mass is 35.5. The zero-order valence-corrected chi connectivity index (χ0v) is 12.9. The van der Waals surface area contributed by atoms with Gasteiger partial charge in [-0.25, -0.2) is 8.42 Å². The van der Waals surface area contributed by atoms with E-state index in [9.17, 15) is 13.2 Å². The number of sulfone groups is 1. The van der Waals surface area contributed by atoms with Crippen molar-refractivity contribution in [3.63, 3.8) is 0 Å². The molecule has 0 unspecified atom stereocenters. The minimum Gasteiger partial charge on any atom is -0.289 e. The van der Waals surface area contributed by atoms with Crippen molar-refractivity contribution in [2.45, 2.75) is 9.79 Å². The Kier molecular flexibility index (Phi) is 2.87. The number of hydrogen-bond donors (Lipinski definition) is 1. The van der Waals surface area contributed by atoms with E-state index in [2.05, 4.69) is 20.6 Å². The number of H-pyrrole nitrogens is 1. The number of tetrazole rings is 1. The quantitative estimate of drug-likeness (QED) is 0.564. The van der Waals surface area contributed by atoms with E-state index in [0.717, 1.165) is 0 Å². The molecule has 0 atom stereocenters. The molecule has 0 amide bonds. The van der Waals surface area contributed by atoms with Gasteiger partial charge in [0.25, 0.3) is 0 Å². The van der Waals surface area contributed by atoms with Crippen molar-refractivity contribution in [1.29, 1.82) is 0 Å². The molecule has 0 saturated carbocycles. The Morgan fingerprint density at radius 1 is 1.00 bits per heavy atom. The van der Waals surface area contributed by atoms with Crippen LogP contribution in [0.2, 0.25) is 5.02 Å². The Labute approximate surface area is 135 Å². The Morgan fingerprint density at radius 3 is 2.57 bits per heavy atom. The summed E-state index contributed by atoms with van der Waals surface area (Å²) in [4.78, 5) is 12.5. The highest BCUT2D eigenvalue weighted by Crippen LogP contribution is 2.37. The van der Waals surface area contributed by atoms with Gasteiger partial charge in [-0.3, -0.25) is 4.79 Å². The lowest BCUT2D eigenvalue weighted by Gasteiger charge is -2.19. The van der Waals surface area contributed by atoms with Gasteiger partial charge in [0, 0.05) is 21.7 Å². The topological polar surface area (TPSA) is 106 Å². The predicted octanol–water partition coefficient (Wildman–Crippen LogP) is 1.90. The number of nitrogens with one attached hydrogen (secondary N) is 1. The van der Waals surface area contributed by atoms with Crippen molar-refractivity contribution in [3.8, 4) is 11.4 Å². The molecule has 1 aromatic heterocycles. The fraction of sp³-hybridized carbons (Fsp3) is 0. The first-order valence-electron chi connectivity index (χ1n) is 6.46. The van der Waals surface area contributed by atoms with Gasteiger partial charge in [0.1, 0.15) is 0 Å². The SMILES string of the molecule is O=C1c2cc(Cl)ccc2S(=O)(=O)c2cc(-c3nn[nH]n3)ccc21. The van der Waals surface area contributed by atoms with Gasteiger partial charge < -0.3 is 0 Å². The molecule has 0 aliphatic carbocycles. The van der Waals surface area contributed by atoms with Gasteiger partial charge in [-0.15, -0.1) is 10.2 Å². The molecule has 0 bridgehead atoms. The van der Waals surface area contributed by atoms with Gasteiger partial charge in [0.15, 0.2) is 5.78 Å². The third kappa shape index (κ3) is 1.99. The Morgan fingerprint density at radius 2 is 1.83 bits per heavy atom. The predicted molar refractivity (Wildman–Crippen MR) is 80.0 cm³/mol. The number of aromatic nitrogens is 4. The number of fused-ring (bicyclic) bond motifs is 2. The first-order valence-corrected chi connectivity index (χ1v) is 8.32. The summed E-state index contributed by atoms with van der Waals surface area (Å²) >= 11 is 5.88. The molecule has 4 rings (SSSR count). The third-order valence-corrected chi connectivity index (χ3v) is 5.68. The number of nitrogens with zero attached hydrogens (tertiary/aromatic N) is 3. The number of halogens is 1. The normalized spacial score (nSPS) is 15.1.